The number of hydrogen-bond acceptors (Lipinski definition) is 1. The molecule has 0 saturated carbocycles. The first kappa shape index (κ1) is 10.6. The first-order valence-electron chi connectivity index (χ1n) is 4.61. The number of carbonyl (C=O) groups is 1. The van der Waals surface area contributed by atoms with E-state index in [0.29, 0.717) is 0 Å². The summed E-state index contributed by atoms with van der Waals surface area (Å²) >= 11 is 5.46. The van der Waals surface area contributed by atoms with Crippen LogP contribution in [-0.2, 0) is 0 Å². The number of rotatable bonds is 1. The van der Waals surface area contributed by atoms with Gasteiger partial charge in [0.1, 0.15) is 5.69 Å². The molecule has 16 heavy (non-hydrogen) atoms. The maximum absolute atomic E-state index is 10.8. The lowest BCUT2D eigenvalue weighted by molar-refractivity contribution is 0.0691. The smallest absolute Gasteiger partial charge is 0.352 e. The van der Waals surface area contributed by atoms with E-state index in [2.05, 4.69) is 16.8 Å². The molecule has 2 aromatic rings. The fourth-order valence-corrected chi connectivity index (χ4v) is 1.52. The highest BCUT2D eigenvalue weighted by atomic mass is 35.5. The number of H-pyrrole nitrogens is 1. The summed E-state index contributed by atoms with van der Waals surface area (Å²) in [6, 6.07) is 7.07. The molecule has 0 radical (unpaired) electrons. The Morgan fingerprint density at radius 3 is 2.94 bits per heavy atom. The molecule has 0 aliphatic carbocycles. The molecule has 80 valence electrons. The van der Waals surface area contributed by atoms with Crippen LogP contribution in [0.1, 0.15) is 16.1 Å². The van der Waals surface area contributed by atoms with Crippen molar-refractivity contribution in [3.05, 3.63) is 35.5 Å². The van der Waals surface area contributed by atoms with Crippen molar-refractivity contribution in [3.63, 3.8) is 0 Å². The van der Waals surface area contributed by atoms with E-state index in [1.54, 1.807) is 12.1 Å². The topological polar surface area (TPSA) is 53.1 Å². The number of aromatic nitrogens is 1. The quantitative estimate of drug-likeness (QED) is 0.587. The van der Waals surface area contributed by atoms with Crippen molar-refractivity contribution in [2.24, 2.45) is 0 Å². The summed E-state index contributed by atoms with van der Waals surface area (Å²) in [4.78, 5) is 13.6. The monoisotopic (exact) mass is 233 g/mol. The number of carboxylic acid groups (broad SMARTS) is 1. The number of carboxylic acids is 1. The number of nitrogens with one attached hydrogen (secondary N) is 1. The van der Waals surface area contributed by atoms with Gasteiger partial charge in [0.25, 0.3) is 0 Å². The van der Waals surface area contributed by atoms with Crippen LogP contribution in [0.5, 0.6) is 0 Å². The zero-order valence-electron chi connectivity index (χ0n) is 8.25. The molecule has 0 saturated heterocycles. The van der Waals surface area contributed by atoms with Gasteiger partial charge >= 0.3 is 5.97 Å². The van der Waals surface area contributed by atoms with Gasteiger partial charge in [-0.3, -0.25) is 0 Å². The fourth-order valence-electron chi connectivity index (χ4n) is 1.46. The molecule has 1 aromatic heterocycles. The van der Waals surface area contributed by atoms with Crippen molar-refractivity contribution < 1.29 is 9.90 Å². The van der Waals surface area contributed by atoms with Crippen LogP contribution in [0.2, 0.25) is 0 Å². The lowest BCUT2D eigenvalue weighted by Crippen LogP contribution is -1.94. The Morgan fingerprint density at radius 2 is 2.25 bits per heavy atom. The number of fused-ring (bicyclic) bond motifs is 1. The van der Waals surface area contributed by atoms with Crippen LogP contribution in [0.15, 0.2) is 24.3 Å². The van der Waals surface area contributed by atoms with E-state index in [1.807, 2.05) is 12.1 Å². The second kappa shape index (κ2) is 4.30. The van der Waals surface area contributed by atoms with Gasteiger partial charge in [-0.1, -0.05) is 17.9 Å². The number of aromatic carboxylic acids is 1. The van der Waals surface area contributed by atoms with Crippen molar-refractivity contribution in [1.82, 2.24) is 4.98 Å². The van der Waals surface area contributed by atoms with E-state index in [4.69, 9.17) is 16.7 Å². The Kier molecular flexibility index (Phi) is 2.84. The van der Waals surface area contributed by atoms with Crippen molar-refractivity contribution in [2.45, 2.75) is 0 Å². The summed E-state index contributed by atoms with van der Waals surface area (Å²) in [6.45, 7) is 0. The highest BCUT2D eigenvalue weighted by Gasteiger charge is 2.06. The Labute approximate surface area is 97.0 Å². The molecule has 0 unspecified atom stereocenters. The van der Waals surface area contributed by atoms with Crippen LogP contribution < -0.4 is 0 Å². The molecule has 0 aliphatic heterocycles. The van der Waals surface area contributed by atoms with Crippen molar-refractivity contribution in [3.8, 4) is 11.8 Å². The minimum atomic E-state index is -0.968. The second-order valence-electron chi connectivity index (χ2n) is 3.23. The van der Waals surface area contributed by atoms with E-state index in [9.17, 15) is 4.79 Å². The van der Waals surface area contributed by atoms with Gasteiger partial charge in [0.15, 0.2) is 0 Å². The molecule has 2 N–H and O–H groups in total. The Hall–Kier alpha value is -1.92. The number of halogens is 1. The molecular weight excluding hydrogens is 226 g/mol. The molecule has 0 spiro atoms. The molecular formula is C12H8ClNO2. The Bertz CT molecular complexity index is 604. The lowest BCUT2D eigenvalue weighted by atomic mass is 10.2. The van der Waals surface area contributed by atoms with Crippen LogP contribution in [-0.4, -0.2) is 21.9 Å². The second-order valence-corrected chi connectivity index (χ2v) is 3.49. The van der Waals surface area contributed by atoms with E-state index in [0.717, 1.165) is 16.5 Å². The summed E-state index contributed by atoms with van der Waals surface area (Å²) in [5.41, 5.74) is 1.75. The molecule has 0 bridgehead atoms. The summed E-state index contributed by atoms with van der Waals surface area (Å²) in [6.07, 6.45) is 0. The van der Waals surface area contributed by atoms with Crippen molar-refractivity contribution in [1.29, 1.82) is 0 Å². The number of benzene rings is 1. The highest BCUT2D eigenvalue weighted by Crippen LogP contribution is 2.16. The van der Waals surface area contributed by atoms with Crippen LogP contribution in [0.3, 0.4) is 0 Å². The van der Waals surface area contributed by atoms with Gasteiger partial charge < -0.3 is 10.1 Å². The van der Waals surface area contributed by atoms with E-state index in [1.165, 1.54) is 0 Å². The zero-order valence-corrected chi connectivity index (χ0v) is 9.01. The fraction of sp³-hybridized carbons (Fsp3) is 0.0833. The number of alkyl halides is 1. The van der Waals surface area contributed by atoms with Gasteiger partial charge in [-0.15, -0.1) is 11.6 Å². The zero-order chi connectivity index (χ0) is 11.5. The molecule has 2 rings (SSSR count). The third-order valence-electron chi connectivity index (χ3n) is 2.15. The molecule has 1 aromatic carbocycles. The van der Waals surface area contributed by atoms with Gasteiger partial charge in [-0.25, -0.2) is 4.79 Å². The van der Waals surface area contributed by atoms with E-state index < -0.39 is 5.97 Å². The van der Waals surface area contributed by atoms with Gasteiger partial charge in [0.2, 0.25) is 0 Å². The standard InChI is InChI=1S/C12H8ClNO2/c13-5-1-2-8-3-4-9-7-11(12(15)16)14-10(9)6-8/h3-4,6-7,14H,5H2,(H,15,16). The van der Waals surface area contributed by atoms with Crippen LogP contribution in [0.4, 0.5) is 0 Å². The van der Waals surface area contributed by atoms with Crippen molar-refractivity contribution >= 4 is 28.5 Å². The maximum atomic E-state index is 10.8. The van der Waals surface area contributed by atoms with Crippen LogP contribution in [0, 0.1) is 11.8 Å². The van der Waals surface area contributed by atoms with E-state index in [-0.39, 0.29) is 11.6 Å². The highest BCUT2D eigenvalue weighted by molar-refractivity contribution is 6.19. The van der Waals surface area contributed by atoms with Crippen LogP contribution in [0.25, 0.3) is 10.9 Å². The molecule has 0 fully saturated rings. The minimum Gasteiger partial charge on any atom is -0.477 e. The molecule has 4 heteroatoms. The number of aromatic amines is 1. The summed E-state index contributed by atoms with van der Waals surface area (Å²) < 4.78 is 0. The molecule has 3 nitrogen and oxygen atoms in total. The summed E-state index contributed by atoms with van der Waals surface area (Å²) in [5, 5.41) is 9.68. The Balaban J connectivity index is 2.49. The minimum absolute atomic E-state index is 0.178. The van der Waals surface area contributed by atoms with Gasteiger partial charge in [0, 0.05) is 16.5 Å². The van der Waals surface area contributed by atoms with Gasteiger partial charge in [0.05, 0.1) is 5.88 Å². The maximum Gasteiger partial charge on any atom is 0.352 e. The Morgan fingerprint density at radius 1 is 1.44 bits per heavy atom. The van der Waals surface area contributed by atoms with Crippen LogP contribution >= 0.6 is 11.6 Å². The van der Waals surface area contributed by atoms with Gasteiger partial charge in [-0.2, -0.15) is 0 Å². The largest absolute Gasteiger partial charge is 0.477 e. The average Bonchev–Trinajstić information content (AvgIpc) is 2.69. The first-order chi connectivity index (χ1) is 7.70. The molecule has 1 heterocycles. The molecule has 0 amide bonds. The third-order valence-corrected chi connectivity index (χ3v) is 2.29. The predicted molar refractivity (Wildman–Crippen MR) is 62.9 cm³/mol. The number of hydrogen-bond donors (Lipinski definition) is 2. The normalized spacial score (nSPS) is 9.81. The molecule has 0 aliphatic rings. The summed E-state index contributed by atoms with van der Waals surface area (Å²) in [7, 11) is 0. The first-order valence-corrected chi connectivity index (χ1v) is 5.15. The summed E-state index contributed by atoms with van der Waals surface area (Å²) in [5.74, 6) is 4.93. The average molecular weight is 234 g/mol. The lowest BCUT2D eigenvalue weighted by Gasteiger charge is -1.91. The molecule has 0 atom stereocenters. The third kappa shape index (κ3) is 2.02. The SMILES string of the molecule is O=C(O)c1cc2ccc(C#CCCl)cc2[nH]1. The predicted octanol–water partition coefficient (Wildman–Crippen LogP) is 2.46. The van der Waals surface area contributed by atoms with E-state index >= 15 is 0 Å². The van der Waals surface area contributed by atoms with Gasteiger partial charge in [-0.05, 0) is 18.2 Å². The van der Waals surface area contributed by atoms with Crippen molar-refractivity contribution in [2.75, 3.05) is 5.88 Å².